The van der Waals surface area contributed by atoms with E-state index in [1.54, 1.807) is 0 Å². The Bertz CT molecular complexity index is 567. The number of hydrogen-bond donors (Lipinski definition) is 1. The number of rotatable bonds is 6. The molecule has 0 radical (unpaired) electrons. The SMILES string of the molecule is CCOc1ccc(NC(=S)N2CCC(N(C)C[C@@H]3CCCO3)CC2)cc1. The number of ether oxygens (including phenoxy) is 2. The third-order valence-electron chi connectivity index (χ3n) is 5.31. The number of piperidine rings is 1. The van der Waals surface area contributed by atoms with E-state index in [-0.39, 0.29) is 0 Å². The smallest absolute Gasteiger partial charge is 0.173 e. The molecule has 3 rings (SSSR count). The van der Waals surface area contributed by atoms with Gasteiger partial charge in [0.2, 0.25) is 0 Å². The van der Waals surface area contributed by atoms with Crippen molar-refractivity contribution in [2.45, 2.75) is 44.8 Å². The van der Waals surface area contributed by atoms with Gasteiger partial charge in [0.05, 0.1) is 12.7 Å². The number of nitrogens with one attached hydrogen (secondary N) is 1. The molecule has 0 unspecified atom stereocenters. The molecule has 5 nitrogen and oxygen atoms in total. The van der Waals surface area contributed by atoms with E-state index in [1.807, 2.05) is 31.2 Å². The van der Waals surface area contributed by atoms with E-state index >= 15 is 0 Å². The van der Waals surface area contributed by atoms with Crippen molar-refractivity contribution >= 4 is 23.0 Å². The van der Waals surface area contributed by atoms with Crippen molar-refractivity contribution in [3.63, 3.8) is 0 Å². The first kappa shape index (κ1) is 19.4. The van der Waals surface area contributed by atoms with Crippen LogP contribution in [0, 0.1) is 0 Å². The van der Waals surface area contributed by atoms with Gasteiger partial charge in [0.1, 0.15) is 5.75 Å². The highest BCUT2D eigenvalue weighted by atomic mass is 32.1. The molecule has 1 aromatic rings. The predicted molar refractivity (Wildman–Crippen MR) is 110 cm³/mol. The molecule has 6 heteroatoms. The maximum absolute atomic E-state index is 5.77. The minimum absolute atomic E-state index is 0.431. The van der Waals surface area contributed by atoms with Gasteiger partial charge in [-0.05, 0) is 76.1 Å². The summed E-state index contributed by atoms with van der Waals surface area (Å²) in [6.45, 7) is 6.67. The lowest BCUT2D eigenvalue weighted by atomic mass is 10.0. The summed E-state index contributed by atoms with van der Waals surface area (Å²) in [7, 11) is 2.23. The van der Waals surface area contributed by atoms with Crippen LogP contribution in [-0.4, -0.2) is 67.0 Å². The number of benzene rings is 1. The quantitative estimate of drug-likeness (QED) is 0.766. The summed E-state index contributed by atoms with van der Waals surface area (Å²) in [5.74, 6) is 0.888. The lowest BCUT2D eigenvalue weighted by Gasteiger charge is -2.38. The lowest BCUT2D eigenvalue weighted by molar-refractivity contribution is 0.0576. The van der Waals surface area contributed by atoms with Crippen molar-refractivity contribution in [2.75, 3.05) is 45.2 Å². The number of hydrogen-bond acceptors (Lipinski definition) is 4. The second kappa shape index (κ2) is 9.53. The predicted octanol–water partition coefficient (Wildman–Crippen LogP) is 3.36. The first-order chi connectivity index (χ1) is 12.7. The summed E-state index contributed by atoms with van der Waals surface area (Å²) >= 11 is 5.61. The average molecular weight is 378 g/mol. The molecule has 1 aromatic carbocycles. The van der Waals surface area contributed by atoms with Gasteiger partial charge in [-0.2, -0.15) is 0 Å². The number of anilines is 1. The summed E-state index contributed by atoms with van der Waals surface area (Å²) in [5.41, 5.74) is 1.01. The summed E-state index contributed by atoms with van der Waals surface area (Å²) in [5, 5.41) is 4.17. The molecule has 144 valence electrons. The molecule has 0 aromatic heterocycles. The van der Waals surface area contributed by atoms with Crippen LogP contribution in [0.2, 0.25) is 0 Å². The van der Waals surface area contributed by atoms with E-state index in [1.165, 1.54) is 12.8 Å². The molecule has 1 atom stereocenters. The van der Waals surface area contributed by atoms with Gasteiger partial charge in [0.15, 0.2) is 5.11 Å². The third kappa shape index (κ3) is 5.32. The van der Waals surface area contributed by atoms with E-state index in [0.29, 0.717) is 18.8 Å². The molecule has 2 saturated heterocycles. The summed E-state index contributed by atoms with van der Waals surface area (Å²) < 4.78 is 11.3. The Balaban J connectivity index is 1.42. The summed E-state index contributed by atoms with van der Waals surface area (Å²) in [4.78, 5) is 4.76. The van der Waals surface area contributed by atoms with Gasteiger partial charge in [-0.1, -0.05) is 0 Å². The fourth-order valence-corrected chi connectivity index (χ4v) is 4.07. The first-order valence-electron chi connectivity index (χ1n) is 9.76. The zero-order valence-corrected chi connectivity index (χ0v) is 16.8. The Morgan fingerprint density at radius 2 is 2.00 bits per heavy atom. The molecule has 1 N–H and O–H groups in total. The van der Waals surface area contributed by atoms with Gasteiger partial charge in [-0.3, -0.25) is 0 Å². The third-order valence-corrected chi connectivity index (χ3v) is 5.67. The van der Waals surface area contributed by atoms with E-state index in [4.69, 9.17) is 21.7 Å². The number of nitrogens with zero attached hydrogens (tertiary/aromatic N) is 2. The number of thiocarbonyl (C=S) groups is 1. The van der Waals surface area contributed by atoms with Gasteiger partial charge in [-0.15, -0.1) is 0 Å². The number of likely N-dealkylation sites (N-methyl/N-ethyl adjacent to an activating group) is 1. The second-order valence-corrected chi connectivity index (χ2v) is 7.57. The van der Waals surface area contributed by atoms with E-state index in [9.17, 15) is 0 Å². The van der Waals surface area contributed by atoms with E-state index in [0.717, 1.165) is 55.6 Å². The van der Waals surface area contributed by atoms with Crippen molar-refractivity contribution < 1.29 is 9.47 Å². The molecular formula is C20H31N3O2S. The zero-order valence-electron chi connectivity index (χ0n) is 15.9. The molecule has 0 bridgehead atoms. The Hall–Kier alpha value is -1.37. The second-order valence-electron chi connectivity index (χ2n) is 7.18. The Kier molecular flexibility index (Phi) is 7.11. The molecule has 2 fully saturated rings. The van der Waals surface area contributed by atoms with Crippen molar-refractivity contribution in [3.05, 3.63) is 24.3 Å². The van der Waals surface area contributed by atoms with E-state index < -0.39 is 0 Å². The molecule has 2 aliphatic heterocycles. The van der Waals surface area contributed by atoms with Gasteiger partial charge in [0, 0.05) is 38.0 Å². The van der Waals surface area contributed by atoms with Crippen LogP contribution >= 0.6 is 12.2 Å². The molecule has 26 heavy (non-hydrogen) atoms. The van der Waals surface area contributed by atoms with Crippen LogP contribution in [0.4, 0.5) is 5.69 Å². The van der Waals surface area contributed by atoms with Crippen LogP contribution in [0.3, 0.4) is 0 Å². The highest BCUT2D eigenvalue weighted by Gasteiger charge is 2.26. The topological polar surface area (TPSA) is 37.0 Å². The fraction of sp³-hybridized carbons (Fsp3) is 0.650. The van der Waals surface area contributed by atoms with Gasteiger partial charge < -0.3 is 24.6 Å². The Morgan fingerprint density at radius 3 is 2.62 bits per heavy atom. The summed E-state index contributed by atoms with van der Waals surface area (Å²) in [6.07, 6.45) is 5.14. The molecular weight excluding hydrogens is 346 g/mol. The van der Waals surface area contributed by atoms with Crippen LogP contribution < -0.4 is 10.1 Å². The minimum atomic E-state index is 0.431. The van der Waals surface area contributed by atoms with Crippen molar-refractivity contribution in [1.82, 2.24) is 9.80 Å². The molecule has 0 amide bonds. The molecule has 0 aliphatic carbocycles. The number of likely N-dealkylation sites (tertiary alicyclic amines) is 1. The summed E-state index contributed by atoms with van der Waals surface area (Å²) in [6, 6.07) is 8.60. The average Bonchev–Trinajstić information content (AvgIpc) is 3.16. The van der Waals surface area contributed by atoms with Gasteiger partial charge >= 0.3 is 0 Å². The van der Waals surface area contributed by atoms with Gasteiger partial charge in [0.25, 0.3) is 0 Å². The zero-order chi connectivity index (χ0) is 18.4. The first-order valence-corrected chi connectivity index (χ1v) is 10.2. The van der Waals surface area contributed by atoms with Crippen molar-refractivity contribution in [1.29, 1.82) is 0 Å². The lowest BCUT2D eigenvalue weighted by Crippen LogP contribution is -2.48. The Morgan fingerprint density at radius 1 is 1.27 bits per heavy atom. The maximum atomic E-state index is 5.77. The normalized spacial score (nSPS) is 21.2. The van der Waals surface area contributed by atoms with Gasteiger partial charge in [-0.25, -0.2) is 0 Å². The van der Waals surface area contributed by atoms with Crippen LogP contribution in [0.5, 0.6) is 5.75 Å². The van der Waals surface area contributed by atoms with Crippen LogP contribution in [-0.2, 0) is 4.74 Å². The van der Waals surface area contributed by atoms with Crippen LogP contribution in [0.25, 0.3) is 0 Å². The maximum Gasteiger partial charge on any atom is 0.173 e. The van der Waals surface area contributed by atoms with Crippen molar-refractivity contribution in [3.8, 4) is 5.75 Å². The highest BCUT2D eigenvalue weighted by molar-refractivity contribution is 7.80. The highest BCUT2D eigenvalue weighted by Crippen LogP contribution is 2.21. The largest absolute Gasteiger partial charge is 0.494 e. The molecule has 0 spiro atoms. The van der Waals surface area contributed by atoms with Crippen molar-refractivity contribution in [2.24, 2.45) is 0 Å². The Labute approximate surface area is 162 Å². The minimum Gasteiger partial charge on any atom is -0.494 e. The monoisotopic (exact) mass is 377 g/mol. The standard InChI is InChI=1S/C20H31N3O2S/c1-3-24-18-8-6-16(7-9-18)21-20(26)23-12-10-17(11-13-23)22(2)15-19-5-4-14-25-19/h6-9,17,19H,3-5,10-15H2,1-2H3,(H,21,26)/t19-/m0/s1. The molecule has 2 heterocycles. The van der Waals surface area contributed by atoms with Crippen LogP contribution in [0.1, 0.15) is 32.6 Å². The van der Waals surface area contributed by atoms with Crippen LogP contribution in [0.15, 0.2) is 24.3 Å². The molecule has 2 aliphatic rings. The van der Waals surface area contributed by atoms with E-state index in [2.05, 4.69) is 22.2 Å². The fourth-order valence-electron chi connectivity index (χ4n) is 3.77. The molecule has 0 saturated carbocycles.